The van der Waals surface area contributed by atoms with Gasteiger partial charge in [0, 0.05) is 13.1 Å². The van der Waals surface area contributed by atoms with E-state index >= 15 is 0 Å². The Hall–Kier alpha value is -0.120. The van der Waals surface area contributed by atoms with E-state index in [1.54, 1.807) is 0 Å². The van der Waals surface area contributed by atoms with Crippen LogP contribution in [-0.4, -0.2) is 42.8 Å². The predicted octanol–water partition coefficient (Wildman–Crippen LogP) is 2.00. The Morgan fingerprint density at radius 3 is 2.56 bits per heavy atom. The van der Waals surface area contributed by atoms with E-state index < -0.39 is 0 Å². The standard InChI is InChI=1S/C13H28N2O/c1-12-10-15(11-13(2,3)16-12)9-7-5-4-6-8-14/h12H,4-11,14H2,1-3H3. The molecule has 1 rings (SSSR count). The molecule has 1 heterocycles. The maximum Gasteiger partial charge on any atom is 0.0757 e. The molecule has 0 aliphatic carbocycles. The first-order valence-electron chi connectivity index (χ1n) is 6.64. The first-order chi connectivity index (χ1) is 7.53. The van der Waals surface area contributed by atoms with Gasteiger partial charge in [-0.25, -0.2) is 0 Å². The van der Waals surface area contributed by atoms with Crippen LogP contribution in [0.3, 0.4) is 0 Å². The lowest BCUT2D eigenvalue weighted by atomic mass is 10.0. The van der Waals surface area contributed by atoms with Gasteiger partial charge in [0.2, 0.25) is 0 Å². The van der Waals surface area contributed by atoms with Crippen molar-refractivity contribution in [2.75, 3.05) is 26.2 Å². The highest BCUT2D eigenvalue weighted by Crippen LogP contribution is 2.20. The molecule has 2 N–H and O–H groups in total. The van der Waals surface area contributed by atoms with Gasteiger partial charge < -0.3 is 10.5 Å². The van der Waals surface area contributed by atoms with Gasteiger partial charge in [0.15, 0.2) is 0 Å². The summed E-state index contributed by atoms with van der Waals surface area (Å²) in [6.07, 6.45) is 5.42. The van der Waals surface area contributed by atoms with Crippen LogP contribution in [0, 0.1) is 0 Å². The van der Waals surface area contributed by atoms with E-state index in [9.17, 15) is 0 Å². The van der Waals surface area contributed by atoms with Gasteiger partial charge in [-0.3, -0.25) is 4.90 Å². The SMILES string of the molecule is CC1CN(CCCCCCN)CC(C)(C)O1. The highest BCUT2D eigenvalue weighted by molar-refractivity contribution is 4.82. The molecule has 1 atom stereocenters. The van der Waals surface area contributed by atoms with Crippen molar-refractivity contribution in [2.24, 2.45) is 5.73 Å². The van der Waals surface area contributed by atoms with Gasteiger partial charge in [-0.05, 0) is 46.7 Å². The van der Waals surface area contributed by atoms with Crippen LogP contribution in [0.2, 0.25) is 0 Å². The largest absolute Gasteiger partial charge is 0.370 e. The van der Waals surface area contributed by atoms with E-state index in [0.717, 1.165) is 19.6 Å². The molecule has 1 fully saturated rings. The fourth-order valence-corrected chi connectivity index (χ4v) is 2.59. The Morgan fingerprint density at radius 1 is 1.25 bits per heavy atom. The molecule has 0 spiro atoms. The summed E-state index contributed by atoms with van der Waals surface area (Å²) in [4.78, 5) is 2.54. The summed E-state index contributed by atoms with van der Waals surface area (Å²) < 4.78 is 5.89. The zero-order valence-electron chi connectivity index (χ0n) is 11.2. The van der Waals surface area contributed by atoms with Crippen LogP contribution >= 0.6 is 0 Å². The molecule has 1 unspecified atom stereocenters. The zero-order chi connectivity index (χ0) is 12.0. The Kier molecular flexibility index (Phi) is 5.73. The molecular formula is C13H28N2O. The van der Waals surface area contributed by atoms with Gasteiger partial charge in [-0.15, -0.1) is 0 Å². The van der Waals surface area contributed by atoms with E-state index in [4.69, 9.17) is 10.5 Å². The molecule has 0 aromatic heterocycles. The number of ether oxygens (including phenoxy) is 1. The van der Waals surface area contributed by atoms with E-state index in [-0.39, 0.29) is 5.60 Å². The molecule has 0 amide bonds. The van der Waals surface area contributed by atoms with Gasteiger partial charge in [0.1, 0.15) is 0 Å². The average Bonchev–Trinajstić information content (AvgIpc) is 2.14. The van der Waals surface area contributed by atoms with Crippen molar-refractivity contribution in [3.05, 3.63) is 0 Å². The number of morpholine rings is 1. The summed E-state index contributed by atoms with van der Waals surface area (Å²) in [5.41, 5.74) is 5.50. The van der Waals surface area contributed by atoms with Crippen LogP contribution in [0.5, 0.6) is 0 Å². The normalized spacial score (nSPS) is 25.9. The Bertz CT molecular complexity index is 194. The molecule has 1 aliphatic rings. The van der Waals surface area contributed by atoms with E-state index in [0.29, 0.717) is 6.10 Å². The van der Waals surface area contributed by atoms with Gasteiger partial charge in [0.05, 0.1) is 11.7 Å². The van der Waals surface area contributed by atoms with Gasteiger partial charge in [-0.1, -0.05) is 12.8 Å². The second-order valence-corrected chi connectivity index (χ2v) is 5.63. The Morgan fingerprint density at radius 2 is 1.94 bits per heavy atom. The lowest BCUT2D eigenvalue weighted by molar-refractivity contribution is -0.128. The molecule has 0 saturated carbocycles. The number of hydrogen-bond donors (Lipinski definition) is 1. The van der Waals surface area contributed by atoms with Crippen molar-refractivity contribution in [3.8, 4) is 0 Å². The number of hydrogen-bond acceptors (Lipinski definition) is 3. The van der Waals surface area contributed by atoms with Gasteiger partial charge >= 0.3 is 0 Å². The van der Waals surface area contributed by atoms with Crippen molar-refractivity contribution in [2.45, 2.75) is 58.2 Å². The maximum atomic E-state index is 5.89. The van der Waals surface area contributed by atoms with E-state index in [1.165, 1.54) is 32.2 Å². The Balaban J connectivity index is 2.16. The fourth-order valence-electron chi connectivity index (χ4n) is 2.59. The molecular weight excluding hydrogens is 200 g/mol. The molecule has 0 aromatic carbocycles. The highest BCUT2D eigenvalue weighted by Gasteiger charge is 2.30. The number of rotatable bonds is 6. The predicted molar refractivity (Wildman–Crippen MR) is 68.6 cm³/mol. The monoisotopic (exact) mass is 228 g/mol. The summed E-state index contributed by atoms with van der Waals surface area (Å²) in [7, 11) is 0. The molecule has 0 aromatic rings. The topological polar surface area (TPSA) is 38.5 Å². The minimum Gasteiger partial charge on any atom is -0.370 e. The third-order valence-corrected chi connectivity index (χ3v) is 3.07. The number of nitrogens with two attached hydrogens (primary N) is 1. The minimum atomic E-state index is 0.0227. The van der Waals surface area contributed by atoms with Crippen molar-refractivity contribution in [1.29, 1.82) is 0 Å². The van der Waals surface area contributed by atoms with Crippen LogP contribution < -0.4 is 5.73 Å². The second kappa shape index (κ2) is 6.58. The van der Waals surface area contributed by atoms with E-state index in [1.807, 2.05) is 0 Å². The summed E-state index contributed by atoms with van der Waals surface area (Å²) in [5.74, 6) is 0. The van der Waals surface area contributed by atoms with Crippen LogP contribution in [0.25, 0.3) is 0 Å². The van der Waals surface area contributed by atoms with Crippen LogP contribution in [0.1, 0.15) is 46.5 Å². The number of unbranched alkanes of at least 4 members (excludes halogenated alkanes) is 3. The summed E-state index contributed by atoms with van der Waals surface area (Å²) in [5, 5.41) is 0. The molecule has 1 saturated heterocycles. The first kappa shape index (κ1) is 13.9. The second-order valence-electron chi connectivity index (χ2n) is 5.63. The molecule has 3 nitrogen and oxygen atoms in total. The average molecular weight is 228 g/mol. The molecule has 16 heavy (non-hydrogen) atoms. The van der Waals surface area contributed by atoms with Crippen LogP contribution in [0.15, 0.2) is 0 Å². The number of nitrogens with zero attached hydrogens (tertiary/aromatic N) is 1. The van der Waals surface area contributed by atoms with Crippen LogP contribution in [-0.2, 0) is 4.74 Å². The smallest absolute Gasteiger partial charge is 0.0757 e. The summed E-state index contributed by atoms with van der Waals surface area (Å²) in [6, 6.07) is 0. The molecule has 0 bridgehead atoms. The fraction of sp³-hybridized carbons (Fsp3) is 1.00. The lowest BCUT2D eigenvalue weighted by Crippen LogP contribution is -2.51. The lowest BCUT2D eigenvalue weighted by Gasteiger charge is -2.41. The zero-order valence-corrected chi connectivity index (χ0v) is 11.2. The molecule has 96 valence electrons. The minimum absolute atomic E-state index is 0.0227. The summed E-state index contributed by atoms with van der Waals surface area (Å²) in [6.45, 7) is 10.7. The summed E-state index contributed by atoms with van der Waals surface area (Å²) >= 11 is 0. The molecule has 1 aliphatic heterocycles. The van der Waals surface area contributed by atoms with Crippen molar-refractivity contribution >= 4 is 0 Å². The first-order valence-corrected chi connectivity index (χ1v) is 6.64. The molecule has 0 radical (unpaired) electrons. The van der Waals surface area contributed by atoms with Gasteiger partial charge in [-0.2, -0.15) is 0 Å². The quantitative estimate of drug-likeness (QED) is 0.707. The third kappa shape index (κ3) is 5.28. The van der Waals surface area contributed by atoms with Crippen molar-refractivity contribution < 1.29 is 4.74 Å². The van der Waals surface area contributed by atoms with Crippen molar-refractivity contribution in [3.63, 3.8) is 0 Å². The maximum absolute atomic E-state index is 5.89. The van der Waals surface area contributed by atoms with E-state index in [2.05, 4.69) is 25.7 Å². The van der Waals surface area contributed by atoms with Gasteiger partial charge in [0.25, 0.3) is 0 Å². The van der Waals surface area contributed by atoms with Crippen molar-refractivity contribution in [1.82, 2.24) is 4.90 Å². The third-order valence-electron chi connectivity index (χ3n) is 3.07. The Labute approximate surface area is 100 Å². The highest BCUT2D eigenvalue weighted by atomic mass is 16.5. The van der Waals surface area contributed by atoms with Crippen LogP contribution in [0.4, 0.5) is 0 Å². The molecule has 3 heteroatoms.